The third kappa shape index (κ3) is 4.20. The first-order chi connectivity index (χ1) is 15.4. The van der Waals surface area contributed by atoms with E-state index in [-0.39, 0.29) is 17.8 Å². The Labute approximate surface area is 189 Å². The average Bonchev–Trinajstić information content (AvgIpc) is 2.78. The molecule has 0 aromatic heterocycles. The van der Waals surface area contributed by atoms with Crippen molar-refractivity contribution >= 4 is 11.8 Å². The van der Waals surface area contributed by atoms with Crippen LogP contribution in [0.25, 0.3) is 0 Å². The number of ether oxygens (including phenoxy) is 2. The number of carbonyl (C=O) groups is 2. The van der Waals surface area contributed by atoms with Crippen LogP contribution < -0.4 is 10.1 Å². The number of allylic oxidation sites excluding steroid dienone is 3. The summed E-state index contributed by atoms with van der Waals surface area (Å²) in [5.74, 6) is 0.0465. The topological polar surface area (TPSA) is 64.6 Å². The molecule has 0 saturated heterocycles. The maximum absolute atomic E-state index is 13.5. The molecule has 4 rings (SSSR count). The number of ketones is 1. The van der Waals surface area contributed by atoms with E-state index in [0.717, 1.165) is 34.7 Å². The second-order valence-electron chi connectivity index (χ2n) is 8.66. The Hall–Kier alpha value is -3.34. The molecule has 2 aliphatic rings. The summed E-state index contributed by atoms with van der Waals surface area (Å²) in [7, 11) is 1.62. The Morgan fingerprint density at radius 3 is 2.31 bits per heavy atom. The smallest absolute Gasteiger partial charge is 0.337 e. The molecule has 0 fully saturated rings. The summed E-state index contributed by atoms with van der Waals surface area (Å²) in [6, 6.07) is 17.7. The van der Waals surface area contributed by atoms with Crippen molar-refractivity contribution in [2.75, 3.05) is 7.11 Å². The van der Waals surface area contributed by atoms with Crippen LogP contribution in [0.3, 0.4) is 0 Å². The van der Waals surface area contributed by atoms with Crippen molar-refractivity contribution in [3.05, 3.63) is 88.3 Å². The highest BCUT2D eigenvalue weighted by atomic mass is 16.5. The fourth-order valence-corrected chi connectivity index (χ4v) is 4.68. The summed E-state index contributed by atoms with van der Waals surface area (Å²) in [5.41, 5.74) is 4.83. The summed E-state index contributed by atoms with van der Waals surface area (Å²) in [4.78, 5) is 26.6. The quantitative estimate of drug-likeness (QED) is 0.675. The highest BCUT2D eigenvalue weighted by Gasteiger charge is 2.41. The van der Waals surface area contributed by atoms with Crippen molar-refractivity contribution in [3.63, 3.8) is 0 Å². The minimum absolute atomic E-state index is 0.0655. The van der Waals surface area contributed by atoms with E-state index in [1.807, 2.05) is 63.2 Å². The lowest BCUT2D eigenvalue weighted by Crippen LogP contribution is -2.36. The lowest BCUT2D eigenvalue weighted by molar-refractivity contribution is -0.143. The average molecular weight is 432 g/mol. The van der Waals surface area contributed by atoms with Crippen LogP contribution in [-0.2, 0) is 14.3 Å². The molecule has 2 aromatic rings. The number of esters is 1. The van der Waals surface area contributed by atoms with Crippen molar-refractivity contribution in [2.45, 2.75) is 51.6 Å². The fourth-order valence-electron chi connectivity index (χ4n) is 4.68. The molecule has 0 saturated carbocycles. The first-order valence-corrected chi connectivity index (χ1v) is 11.0. The molecule has 0 radical (unpaired) electrons. The number of rotatable bonds is 5. The van der Waals surface area contributed by atoms with Gasteiger partial charge >= 0.3 is 5.97 Å². The Bertz CT molecular complexity index is 1080. The number of nitrogens with one attached hydrogen (secondary N) is 1. The Morgan fingerprint density at radius 2 is 1.69 bits per heavy atom. The number of Topliss-reactive ketones (excluding diaryl/α,β-unsaturated/α-hetero) is 1. The van der Waals surface area contributed by atoms with E-state index in [0.29, 0.717) is 17.6 Å². The Kier molecular flexibility index (Phi) is 6.17. The molecule has 32 heavy (non-hydrogen) atoms. The maximum Gasteiger partial charge on any atom is 0.337 e. The lowest BCUT2D eigenvalue weighted by Gasteiger charge is -2.37. The number of hydrogen-bond donors (Lipinski definition) is 1. The molecule has 1 aliphatic heterocycles. The normalized spacial score (nSPS) is 20.7. The molecule has 2 atom stereocenters. The monoisotopic (exact) mass is 431 g/mol. The van der Waals surface area contributed by atoms with Gasteiger partial charge in [0.05, 0.1) is 18.8 Å². The summed E-state index contributed by atoms with van der Waals surface area (Å²) in [5, 5.41) is 3.39. The molecule has 0 amide bonds. The van der Waals surface area contributed by atoms with Crippen LogP contribution in [0.15, 0.2) is 77.1 Å². The van der Waals surface area contributed by atoms with Crippen LogP contribution in [0.5, 0.6) is 5.75 Å². The molecule has 1 aliphatic carbocycles. The van der Waals surface area contributed by atoms with Gasteiger partial charge in [0, 0.05) is 29.3 Å². The largest absolute Gasteiger partial charge is 0.497 e. The van der Waals surface area contributed by atoms with Gasteiger partial charge in [-0.15, -0.1) is 0 Å². The minimum atomic E-state index is -0.465. The molecule has 1 heterocycles. The molecular formula is C27H29NO4. The van der Waals surface area contributed by atoms with E-state index in [1.54, 1.807) is 7.11 Å². The van der Waals surface area contributed by atoms with E-state index < -0.39 is 11.9 Å². The van der Waals surface area contributed by atoms with Crippen LogP contribution in [0.1, 0.15) is 56.6 Å². The number of hydrogen-bond acceptors (Lipinski definition) is 5. The zero-order chi connectivity index (χ0) is 22.8. The lowest BCUT2D eigenvalue weighted by atomic mass is 9.71. The minimum Gasteiger partial charge on any atom is -0.497 e. The molecule has 0 bridgehead atoms. The summed E-state index contributed by atoms with van der Waals surface area (Å²) in [6.45, 7) is 5.54. The van der Waals surface area contributed by atoms with Gasteiger partial charge in [0.1, 0.15) is 5.75 Å². The van der Waals surface area contributed by atoms with E-state index >= 15 is 0 Å². The predicted octanol–water partition coefficient (Wildman–Crippen LogP) is 5.01. The van der Waals surface area contributed by atoms with Crippen molar-refractivity contribution in [3.8, 4) is 5.75 Å². The number of dihydropyridines is 1. The molecule has 5 heteroatoms. The first kappa shape index (κ1) is 21.9. The zero-order valence-corrected chi connectivity index (χ0v) is 19.0. The van der Waals surface area contributed by atoms with Crippen LogP contribution in [0, 0.1) is 0 Å². The second-order valence-corrected chi connectivity index (χ2v) is 8.66. The van der Waals surface area contributed by atoms with Crippen molar-refractivity contribution in [2.24, 2.45) is 0 Å². The van der Waals surface area contributed by atoms with Crippen molar-refractivity contribution in [1.82, 2.24) is 5.32 Å². The Morgan fingerprint density at radius 1 is 1.00 bits per heavy atom. The zero-order valence-electron chi connectivity index (χ0n) is 19.0. The van der Waals surface area contributed by atoms with Crippen LogP contribution in [0.2, 0.25) is 0 Å². The number of benzene rings is 2. The predicted molar refractivity (Wildman–Crippen MR) is 123 cm³/mol. The molecule has 0 spiro atoms. The number of carbonyl (C=O) groups excluding carboxylic acids is 2. The SMILES string of the molecule is COc1ccc([C@H]2C(C(=O)OC(C)C)=C(C)NC3=C2C(=O)C[C@H](c2ccccc2)C3)cc1. The van der Waals surface area contributed by atoms with Crippen molar-refractivity contribution in [1.29, 1.82) is 0 Å². The summed E-state index contributed by atoms with van der Waals surface area (Å²) in [6.07, 6.45) is 0.892. The summed E-state index contributed by atoms with van der Waals surface area (Å²) < 4.78 is 10.9. The summed E-state index contributed by atoms with van der Waals surface area (Å²) >= 11 is 0. The van der Waals surface area contributed by atoms with Gasteiger partial charge in [-0.25, -0.2) is 4.79 Å². The Balaban J connectivity index is 1.79. The molecule has 5 nitrogen and oxygen atoms in total. The third-order valence-electron chi connectivity index (χ3n) is 6.11. The molecule has 166 valence electrons. The molecule has 0 unspecified atom stereocenters. The van der Waals surface area contributed by atoms with Crippen molar-refractivity contribution < 1.29 is 19.1 Å². The van der Waals surface area contributed by atoms with Gasteiger partial charge in [-0.05, 0) is 56.4 Å². The number of methoxy groups -OCH3 is 1. The molecular weight excluding hydrogens is 402 g/mol. The van der Waals surface area contributed by atoms with Gasteiger partial charge in [0.2, 0.25) is 0 Å². The standard InChI is InChI=1S/C27H29NO4/c1-16(2)32-27(30)24-17(3)28-22-14-20(18-8-6-5-7-9-18)15-23(29)26(22)25(24)19-10-12-21(31-4)13-11-19/h5-13,16,20,25,28H,14-15H2,1-4H3/t20-,25+/m1/s1. The van der Waals surface area contributed by atoms with Gasteiger partial charge in [-0.3, -0.25) is 4.79 Å². The van der Waals surface area contributed by atoms with Gasteiger partial charge in [-0.2, -0.15) is 0 Å². The molecule has 2 aromatic carbocycles. The van der Waals surface area contributed by atoms with Gasteiger partial charge in [0.15, 0.2) is 5.78 Å². The first-order valence-electron chi connectivity index (χ1n) is 11.0. The van der Waals surface area contributed by atoms with E-state index in [9.17, 15) is 9.59 Å². The van der Waals surface area contributed by atoms with Gasteiger partial charge in [0.25, 0.3) is 0 Å². The van der Waals surface area contributed by atoms with Crippen LogP contribution in [0.4, 0.5) is 0 Å². The van der Waals surface area contributed by atoms with E-state index in [2.05, 4.69) is 17.4 Å². The van der Waals surface area contributed by atoms with Gasteiger partial charge in [-0.1, -0.05) is 42.5 Å². The van der Waals surface area contributed by atoms with E-state index in [4.69, 9.17) is 9.47 Å². The van der Waals surface area contributed by atoms with Crippen LogP contribution in [-0.4, -0.2) is 25.0 Å². The van der Waals surface area contributed by atoms with Crippen LogP contribution >= 0.6 is 0 Å². The second kappa shape index (κ2) is 9.03. The van der Waals surface area contributed by atoms with E-state index in [1.165, 1.54) is 0 Å². The third-order valence-corrected chi connectivity index (χ3v) is 6.11. The van der Waals surface area contributed by atoms with Gasteiger partial charge < -0.3 is 14.8 Å². The highest BCUT2D eigenvalue weighted by molar-refractivity contribution is 6.04. The molecule has 1 N–H and O–H groups in total. The fraction of sp³-hybridized carbons (Fsp3) is 0.333. The highest BCUT2D eigenvalue weighted by Crippen LogP contribution is 2.45. The maximum atomic E-state index is 13.5.